The highest BCUT2D eigenvalue weighted by molar-refractivity contribution is 14.1. The Balaban J connectivity index is 2.01. The molecule has 1 aromatic carbocycles. The fourth-order valence-corrected chi connectivity index (χ4v) is 3.17. The molecular formula is C14H19IN2O3. The first kappa shape index (κ1) is 15.5. The SMILES string of the molecule is NC1(COc2ccc([N+](=O)[O-])cc2I)CCCCCC1. The van der Waals surface area contributed by atoms with E-state index >= 15 is 0 Å². The molecule has 1 aliphatic rings. The molecule has 1 fully saturated rings. The number of hydrogen-bond donors (Lipinski definition) is 1. The lowest BCUT2D eigenvalue weighted by Crippen LogP contribution is -2.45. The van der Waals surface area contributed by atoms with Gasteiger partial charge >= 0.3 is 0 Å². The molecule has 1 saturated carbocycles. The van der Waals surface area contributed by atoms with Gasteiger partial charge in [-0.05, 0) is 41.5 Å². The van der Waals surface area contributed by atoms with E-state index in [1.807, 2.05) is 0 Å². The highest BCUT2D eigenvalue weighted by Crippen LogP contribution is 2.29. The van der Waals surface area contributed by atoms with Crippen molar-refractivity contribution < 1.29 is 9.66 Å². The average molecular weight is 390 g/mol. The minimum Gasteiger partial charge on any atom is -0.491 e. The van der Waals surface area contributed by atoms with Crippen LogP contribution in [0.5, 0.6) is 5.75 Å². The van der Waals surface area contributed by atoms with Crippen LogP contribution in [0, 0.1) is 13.7 Å². The highest BCUT2D eigenvalue weighted by atomic mass is 127. The molecule has 0 bridgehead atoms. The van der Waals surface area contributed by atoms with Gasteiger partial charge in [-0.1, -0.05) is 25.7 Å². The molecule has 6 heteroatoms. The van der Waals surface area contributed by atoms with Crippen LogP contribution in [0.1, 0.15) is 38.5 Å². The first-order valence-corrected chi connectivity index (χ1v) is 7.94. The van der Waals surface area contributed by atoms with Crippen LogP contribution in [0.2, 0.25) is 0 Å². The Morgan fingerprint density at radius 3 is 2.50 bits per heavy atom. The van der Waals surface area contributed by atoms with Crippen LogP contribution in [0.3, 0.4) is 0 Å². The largest absolute Gasteiger partial charge is 0.491 e. The fourth-order valence-electron chi connectivity index (χ4n) is 2.52. The summed E-state index contributed by atoms with van der Waals surface area (Å²) in [5.74, 6) is 0.672. The molecule has 2 rings (SSSR count). The van der Waals surface area contributed by atoms with Crippen molar-refractivity contribution in [1.29, 1.82) is 0 Å². The standard InChI is InChI=1S/C14H19IN2O3/c15-12-9-11(17(18)19)5-6-13(12)20-10-14(16)7-3-1-2-4-8-14/h5-6,9H,1-4,7-8,10,16H2. The van der Waals surface area contributed by atoms with E-state index in [-0.39, 0.29) is 11.2 Å². The summed E-state index contributed by atoms with van der Waals surface area (Å²) < 4.78 is 6.56. The summed E-state index contributed by atoms with van der Waals surface area (Å²) in [5, 5.41) is 10.7. The molecule has 2 N–H and O–H groups in total. The van der Waals surface area contributed by atoms with Gasteiger partial charge in [-0.3, -0.25) is 10.1 Å². The Morgan fingerprint density at radius 1 is 1.30 bits per heavy atom. The molecule has 1 aliphatic carbocycles. The molecule has 0 unspecified atom stereocenters. The normalized spacial score (nSPS) is 18.3. The monoisotopic (exact) mass is 390 g/mol. The van der Waals surface area contributed by atoms with E-state index in [0.717, 1.165) is 29.3 Å². The second-order valence-corrected chi connectivity index (χ2v) is 6.60. The number of halogens is 1. The van der Waals surface area contributed by atoms with Gasteiger partial charge in [0.15, 0.2) is 0 Å². The molecule has 5 nitrogen and oxygen atoms in total. The molecule has 0 amide bonds. The second kappa shape index (κ2) is 6.71. The van der Waals surface area contributed by atoms with E-state index in [1.165, 1.54) is 25.0 Å². The molecule has 0 heterocycles. The van der Waals surface area contributed by atoms with Gasteiger partial charge in [0.05, 0.1) is 14.0 Å². The van der Waals surface area contributed by atoms with Gasteiger partial charge in [-0.15, -0.1) is 0 Å². The van der Waals surface area contributed by atoms with E-state index in [2.05, 4.69) is 22.6 Å². The topological polar surface area (TPSA) is 78.4 Å². The summed E-state index contributed by atoms with van der Waals surface area (Å²) in [6, 6.07) is 4.64. The Morgan fingerprint density at radius 2 is 1.95 bits per heavy atom. The van der Waals surface area contributed by atoms with Crippen molar-refractivity contribution in [3.05, 3.63) is 31.9 Å². The predicted molar refractivity (Wildman–Crippen MR) is 85.9 cm³/mol. The summed E-state index contributed by atoms with van der Waals surface area (Å²) in [7, 11) is 0. The Hall–Kier alpha value is -0.890. The molecule has 0 aromatic heterocycles. The van der Waals surface area contributed by atoms with Gasteiger partial charge in [-0.2, -0.15) is 0 Å². The van der Waals surface area contributed by atoms with E-state index in [9.17, 15) is 10.1 Å². The van der Waals surface area contributed by atoms with Gasteiger partial charge in [0.1, 0.15) is 12.4 Å². The summed E-state index contributed by atoms with van der Waals surface area (Å²) in [6.07, 6.45) is 6.75. The van der Waals surface area contributed by atoms with Crippen molar-refractivity contribution >= 4 is 28.3 Å². The predicted octanol–water partition coefficient (Wildman–Crippen LogP) is 3.63. The van der Waals surface area contributed by atoms with Crippen molar-refractivity contribution in [2.45, 2.75) is 44.1 Å². The lowest BCUT2D eigenvalue weighted by atomic mass is 9.92. The van der Waals surface area contributed by atoms with Crippen LogP contribution in [0.15, 0.2) is 18.2 Å². The molecule has 0 atom stereocenters. The maximum atomic E-state index is 10.7. The van der Waals surface area contributed by atoms with Gasteiger partial charge in [0.2, 0.25) is 0 Å². The van der Waals surface area contributed by atoms with Crippen LogP contribution in [-0.2, 0) is 0 Å². The van der Waals surface area contributed by atoms with Crippen molar-refractivity contribution in [3.63, 3.8) is 0 Å². The molecular weight excluding hydrogens is 371 g/mol. The molecule has 20 heavy (non-hydrogen) atoms. The van der Waals surface area contributed by atoms with Gasteiger partial charge in [-0.25, -0.2) is 0 Å². The zero-order chi connectivity index (χ0) is 14.6. The third-order valence-corrected chi connectivity index (χ3v) is 4.58. The van der Waals surface area contributed by atoms with Gasteiger partial charge in [0.25, 0.3) is 5.69 Å². The van der Waals surface area contributed by atoms with Crippen molar-refractivity contribution in [2.75, 3.05) is 6.61 Å². The highest BCUT2D eigenvalue weighted by Gasteiger charge is 2.27. The zero-order valence-corrected chi connectivity index (χ0v) is 13.5. The number of nitro groups is 1. The fraction of sp³-hybridized carbons (Fsp3) is 0.571. The average Bonchev–Trinajstić information content (AvgIpc) is 2.62. The number of non-ortho nitro benzene ring substituents is 1. The molecule has 0 radical (unpaired) electrons. The molecule has 0 saturated heterocycles. The smallest absolute Gasteiger partial charge is 0.270 e. The van der Waals surface area contributed by atoms with Gasteiger partial charge in [0, 0.05) is 12.1 Å². The van der Waals surface area contributed by atoms with E-state index in [4.69, 9.17) is 10.5 Å². The Labute approximate surface area is 132 Å². The Kier molecular flexibility index (Phi) is 5.20. The minimum atomic E-state index is -0.401. The molecule has 0 spiro atoms. The van der Waals surface area contributed by atoms with Crippen LogP contribution < -0.4 is 10.5 Å². The first-order valence-electron chi connectivity index (χ1n) is 6.86. The second-order valence-electron chi connectivity index (χ2n) is 5.44. The maximum Gasteiger partial charge on any atom is 0.270 e. The van der Waals surface area contributed by atoms with Crippen LogP contribution in [-0.4, -0.2) is 17.1 Å². The number of nitrogens with zero attached hydrogens (tertiary/aromatic N) is 1. The number of ether oxygens (including phenoxy) is 1. The van der Waals surface area contributed by atoms with Crippen molar-refractivity contribution in [2.24, 2.45) is 5.73 Å². The number of nitrogens with two attached hydrogens (primary N) is 1. The molecule has 1 aromatic rings. The lowest BCUT2D eigenvalue weighted by molar-refractivity contribution is -0.385. The summed E-state index contributed by atoms with van der Waals surface area (Å²) in [5.41, 5.74) is 6.22. The van der Waals surface area contributed by atoms with E-state index in [1.54, 1.807) is 6.07 Å². The zero-order valence-electron chi connectivity index (χ0n) is 11.3. The number of benzene rings is 1. The third kappa shape index (κ3) is 4.05. The van der Waals surface area contributed by atoms with Crippen LogP contribution >= 0.6 is 22.6 Å². The van der Waals surface area contributed by atoms with Crippen molar-refractivity contribution in [3.8, 4) is 5.75 Å². The summed E-state index contributed by atoms with van der Waals surface area (Å²) in [4.78, 5) is 10.3. The number of nitro benzene ring substituents is 1. The molecule has 110 valence electrons. The molecule has 0 aliphatic heterocycles. The van der Waals surface area contributed by atoms with E-state index < -0.39 is 4.92 Å². The van der Waals surface area contributed by atoms with Crippen molar-refractivity contribution in [1.82, 2.24) is 0 Å². The third-order valence-electron chi connectivity index (χ3n) is 3.74. The number of rotatable bonds is 4. The quantitative estimate of drug-likeness (QED) is 0.369. The minimum absolute atomic E-state index is 0.0821. The first-order chi connectivity index (χ1) is 9.50. The Bertz CT molecular complexity index is 485. The summed E-state index contributed by atoms with van der Waals surface area (Å²) in [6.45, 7) is 0.473. The summed E-state index contributed by atoms with van der Waals surface area (Å²) >= 11 is 2.06. The van der Waals surface area contributed by atoms with Crippen LogP contribution in [0.25, 0.3) is 0 Å². The number of hydrogen-bond acceptors (Lipinski definition) is 4. The van der Waals surface area contributed by atoms with E-state index in [0.29, 0.717) is 12.4 Å². The van der Waals surface area contributed by atoms with Crippen LogP contribution in [0.4, 0.5) is 5.69 Å². The lowest BCUT2D eigenvalue weighted by Gasteiger charge is -2.28. The van der Waals surface area contributed by atoms with Gasteiger partial charge < -0.3 is 10.5 Å². The maximum absolute atomic E-state index is 10.7.